The van der Waals surface area contributed by atoms with E-state index in [0.29, 0.717) is 18.0 Å². The molecule has 21 heavy (non-hydrogen) atoms. The average molecular weight is 317 g/mol. The van der Waals surface area contributed by atoms with Gasteiger partial charge in [-0.1, -0.05) is 18.5 Å². The minimum absolute atomic E-state index is 0.0765. The fourth-order valence-corrected chi connectivity index (χ4v) is 1.90. The summed E-state index contributed by atoms with van der Waals surface area (Å²) in [5.74, 6) is -0.325. The van der Waals surface area contributed by atoms with Crippen molar-refractivity contribution in [2.24, 2.45) is 0 Å². The van der Waals surface area contributed by atoms with E-state index < -0.39 is 16.9 Å². The van der Waals surface area contributed by atoms with Gasteiger partial charge in [-0.2, -0.15) is 0 Å². The highest BCUT2D eigenvalue weighted by Gasteiger charge is 2.19. The number of hydrogen-bond donors (Lipinski definition) is 1. The number of nitro benzene ring substituents is 1. The fraction of sp³-hybridized carbons (Fsp3) is 0.462. The summed E-state index contributed by atoms with van der Waals surface area (Å²) in [4.78, 5) is 21.8. The summed E-state index contributed by atoms with van der Waals surface area (Å²) in [6, 6.07) is 3.56. The Balaban J connectivity index is 2.68. The van der Waals surface area contributed by atoms with Crippen LogP contribution < -0.4 is 10.1 Å². The molecule has 1 atom stereocenters. The van der Waals surface area contributed by atoms with Crippen molar-refractivity contribution in [1.29, 1.82) is 0 Å². The molecule has 7 nitrogen and oxygen atoms in total. The molecular formula is C13H17ClN2O5. The number of benzene rings is 1. The van der Waals surface area contributed by atoms with E-state index in [1.165, 1.54) is 25.3 Å². The van der Waals surface area contributed by atoms with Crippen molar-refractivity contribution < 1.29 is 19.2 Å². The first-order valence-corrected chi connectivity index (χ1v) is 6.75. The summed E-state index contributed by atoms with van der Waals surface area (Å²) in [7, 11) is 1.30. The van der Waals surface area contributed by atoms with E-state index in [2.05, 4.69) is 10.1 Å². The smallest absolute Gasteiger partial charge is 0.322 e. The molecule has 8 heteroatoms. The van der Waals surface area contributed by atoms with Crippen LogP contribution in [-0.4, -0.2) is 37.2 Å². The van der Waals surface area contributed by atoms with E-state index in [1.54, 1.807) is 0 Å². The summed E-state index contributed by atoms with van der Waals surface area (Å²) >= 11 is 5.80. The second-order valence-corrected chi connectivity index (χ2v) is 4.58. The van der Waals surface area contributed by atoms with Gasteiger partial charge in [0.15, 0.2) is 5.75 Å². The maximum atomic E-state index is 11.5. The number of hydrogen-bond acceptors (Lipinski definition) is 6. The van der Waals surface area contributed by atoms with Gasteiger partial charge in [-0.3, -0.25) is 14.9 Å². The molecule has 1 unspecified atom stereocenters. The minimum Gasteiger partial charge on any atom is -0.487 e. The summed E-state index contributed by atoms with van der Waals surface area (Å²) in [5, 5.41) is 14.2. The summed E-state index contributed by atoms with van der Waals surface area (Å²) in [6.45, 7) is 2.57. The lowest BCUT2D eigenvalue weighted by molar-refractivity contribution is -0.385. The topological polar surface area (TPSA) is 90.7 Å². The highest BCUT2D eigenvalue weighted by atomic mass is 35.5. The van der Waals surface area contributed by atoms with Crippen molar-refractivity contribution in [1.82, 2.24) is 5.32 Å². The molecule has 0 radical (unpaired) electrons. The molecule has 0 spiro atoms. The zero-order valence-electron chi connectivity index (χ0n) is 11.8. The Morgan fingerprint density at radius 1 is 1.52 bits per heavy atom. The molecule has 116 valence electrons. The number of esters is 1. The van der Waals surface area contributed by atoms with Crippen LogP contribution in [0.1, 0.15) is 13.3 Å². The van der Waals surface area contributed by atoms with Crippen LogP contribution in [0.4, 0.5) is 5.69 Å². The number of carbonyl (C=O) groups excluding carboxylic acids is 1. The quantitative estimate of drug-likeness (QED) is 0.449. The van der Waals surface area contributed by atoms with Crippen molar-refractivity contribution in [2.75, 3.05) is 20.3 Å². The zero-order valence-corrected chi connectivity index (χ0v) is 12.6. The molecule has 0 aliphatic rings. The summed E-state index contributed by atoms with van der Waals surface area (Å²) < 4.78 is 10.0. The molecule has 0 aliphatic heterocycles. The van der Waals surface area contributed by atoms with Gasteiger partial charge in [0.1, 0.15) is 6.04 Å². The number of rotatable bonds is 8. The Hall–Kier alpha value is -1.86. The zero-order chi connectivity index (χ0) is 15.8. The van der Waals surface area contributed by atoms with E-state index in [0.717, 1.165) is 0 Å². The van der Waals surface area contributed by atoms with E-state index in [9.17, 15) is 14.9 Å². The molecular weight excluding hydrogens is 300 g/mol. The van der Waals surface area contributed by atoms with Crippen molar-refractivity contribution in [3.05, 3.63) is 33.3 Å². The van der Waals surface area contributed by atoms with E-state index in [1.807, 2.05) is 6.92 Å². The Morgan fingerprint density at radius 3 is 2.81 bits per heavy atom. The molecule has 1 rings (SSSR count). The SMILES string of the molecule is CCNC(CCOc1cc(Cl)ccc1[N+](=O)[O-])C(=O)OC. The Labute approximate surface area is 127 Å². The molecule has 0 saturated carbocycles. The summed E-state index contributed by atoms with van der Waals surface area (Å²) in [6.07, 6.45) is 0.324. The number of nitrogens with zero attached hydrogens (tertiary/aromatic N) is 1. The lowest BCUT2D eigenvalue weighted by atomic mass is 10.2. The van der Waals surface area contributed by atoms with Crippen LogP contribution in [-0.2, 0) is 9.53 Å². The van der Waals surface area contributed by atoms with Crippen LogP contribution in [0.15, 0.2) is 18.2 Å². The number of ether oxygens (including phenoxy) is 2. The number of carbonyl (C=O) groups is 1. The number of halogens is 1. The second-order valence-electron chi connectivity index (χ2n) is 4.14. The fourth-order valence-electron chi connectivity index (χ4n) is 1.73. The molecule has 0 bridgehead atoms. The predicted octanol–water partition coefficient (Wildman–Crippen LogP) is 2.17. The molecule has 0 saturated heterocycles. The standard InChI is InChI=1S/C13H17ClN2O5/c1-3-15-10(13(17)20-2)6-7-21-12-8-9(14)4-5-11(12)16(18)19/h4-5,8,10,15H,3,6-7H2,1-2H3. The van der Waals surface area contributed by atoms with E-state index >= 15 is 0 Å². The van der Waals surface area contributed by atoms with Gasteiger partial charge >= 0.3 is 11.7 Å². The van der Waals surface area contributed by atoms with Gasteiger partial charge < -0.3 is 14.8 Å². The second kappa shape index (κ2) is 8.43. The van der Waals surface area contributed by atoms with Gasteiger partial charge in [0, 0.05) is 23.6 Å². The van der Waals surface area contributed by atoms with Gasteiger partial charge in [-0.25, -0.2) is 0 Å². The largest absolute Gasteiger partial charge is 0.487 e. The highest BCUT2D eigenvalue weighted by Crippen LogP contribution is 2.30. The molecule has 1 N–H and O–H groups in total. The third-order valence-corrected chi connectivity index (χ3v) is 2.95. The van der Waals surface area contributed by atoms with Gasteiger partial charge in [-0.05, 0) is 12.6 Å². The molecule has 0 amide bonds. The summed E-state index contributed by atoms with van der Waals surface area (Å²) in [5.41, 5.74) is -0.169. The minimum atomic E-state index is -0.548. The molecule has 0 fully saturated rings. The molecule has 0 aromatic heterocycles. The van der Waals surface area contributed by atoms with Crippen LogP contribution >= 0.6 is 11.6 Å². The van der Waals surface area contributed by atoms with Crippen LogP contribution in [0.2, 0.25) is 5.02 Å². The van der Waals surface area contributed by atoms with Crippen LogP contribution in [0.25, 0.3) is 0 Å². The third-order valence-electron chi connectivity index (χ3n) is 2.72. The van der Waals surface area contributed by atoms with Crippen LogP contribution in [0.3, 0.4) is 0 Å². The van der Waals surface area contributed by atoms with Crippen molar-refractivity contribution >= 4 is 23.3 Å². The first kappa shape index (κ1) is 17.2. The van der Waals surface area contributed by atoms with Crippen molar-refractivity contribution in [3.8, 4) is 5.75 Å². The lowest BCUT2D eigenvalue weighted by Gasteiger charge is -2.15. The first-order chi connectivity index (χ1) is 9.99. The Bertz CT molecular complexity index is 509. The number of nitro groups is 1. The van der Waals surface area contributed by atoms with Crippen LogP contribution in [0, 0.1) is 10.1 Å². The number of nitrogens with one attached hydrogen (secondary N) is 1. The third kappa shape index (κ3) is 5.20. The van der Waals surface area contributed by atoms with Gasteiger partial charge in [-0.15, -0.1) is 0 Å². The molecule has 1 aromatic carbocycles. The van der Waals surface area contributed by atoms with Crippen LogP contribution in [0.5, 0.6) is 5.75 Å². The lowest BCUT2D eigenvalue weighted by Crippen LogP contribution is -2.38. The van der Waals surface area contributed by atoms with Crippen molar-refractivity contribution in [3.63, 3.8) is 0 Å². The normalized spacial score (nSPS) is 11.8. The monoisotopic (exact) mass is 316 g/mol. The number of likely N-dealkylation sites (N-methyl/N-ethyl adjacent to an activating group) is 1. The van der Waals surface area contributed by atoms with E-state index in [-0.39, 0.29) is 18.0 Å². The molecule has 0 aliphatic carbocycles. The molecule has 1 aromatic rings. The average Bonchev–Trinajstić information content (AvgIpc) is 2.45. The Morgan fingerprint density at radius 2 is 2.24 bits per heavy atom. The predicted molar refractivity (Wildman–Crippen MR) is 77.7 cm³/mol. The maximum Gasteiger partial charge on any atom is 0.322 e. The number of methoxy groups -OCH3 is 1. The first-order valence-electron chi connectivity index (χ1n) is 6.37. The highest BCUT2D eigenvalue weighted by molar-refractivity contribution is 6.30. The van der Waals surface area contributed by atoms with Gasteiger partial charge in [0.25, 0.3) is 0 Å². The van der Waals surface area contributed by atoms with E-state index in [4.69, 9.17) is 16.3 Å². The Kier molecular flexibility index (Phi) is 6.90. The van der Waals surface area contributed by atoms with Gasteiger partial charge in [0.05, 0.1) is 18.6 Å². The van der Waals surface area contributed by atoms with Gasteiger partial charge in [0.2, 0.25) is 0 Å². The van der Waals surface area contributed by atoms with Crippen molar-refractivity contribution in [2.45, 2.75) is 19.4 Å². The molecule has 0 heterocycles. The maximum absolute atomic E-state index is 11.5.